The lowest BCUT2D eigenvalue weighted by atomic mass is 10.1. The van der Waals surface area contributed by atoms with Crippen LogP contribution in [0.1, 0.15) is 12.5 Å². The summed E-state index contributed by atoms with van der Waals surface area (Å²) in [6, 6.07) is 13.5. The number of para-hydroxylation sites is 1. The van der Waals surface area contributed by atoms with Gasteiger partial charge in [-0.3, -0.25) is 4.98 Å². The molecule has 5 heteroatoms. The summed E-state index contributed by atoms with van der Waals surface area (Å²) in [5.41, 5.74) is 2.63. The lowest BCUT2D eigenvalue weighted by Crippen LogP contribution is -2.05. The minimum absolute atomic E-state index is 0.0223. The first-order chi connectivity index (χ1) is 11.7. The standard InChI is InChI=1S/C19H15N3O2/c1-2-24-19(23)14(11-20)10-15-13-22(16-6-5-9-21-12-16)18-8-4-3-7-17(15)18/h3-10,12-13H,2H2,1H3/b14-10+. The number of esters is 1. The maximum Gasteiger partial charge on any atom is 0.348 e. The SMILES string of the molecule is CCOC(=O)/C(C#N)=C/c1cn(-c2cccnc2)c2ccccc12. The van der Waals surface area contributed by atoms with Gasteiger partial charge in [0.05, 0.1) is 24.0 Å². The van der Waals surface area contributed by atoms with Crippen molar-refractivity contribution in [1.82, 2.24) is 9.55 Å². The molecule has 0 aliphatic heterocycles. The molecule has 0 radical (unpaired) electrons. The van der Waals surface area contributed by atoms with Crippen molar-refractivity contribution in [1.29, 1.82) is 5.26 Å². The van der Waals surface area contributed by atoms with Gasteiger partial charge in [0.25, 0.3) is 0 Å². The molecule has 0 atom stereocenters. The fourth-order valence-corrected chi connectivity index (χ4v) is 2.53. The van der Waals surface area contributed by atoms with Crippen LogP contribution < -0.4 is 0 Å². The van der Waals surface area contributed by atoms with Crippen LogP contribution in [-0.2, 0) is 9.53 Å². The van der Waals surface area contributed by atoms with E-state index in [9.17, 15) is 10.1 Å². The number of carbonyl (C=O) groups is 1. The molecule has 0 unspecified atom stereocenters. The molecule has 0 saturated heterocycles. The van der Waals surface area contributed by atoms with E-state index in [0.29, 0.717) is 0 Å². The van der Waals surface area contributed by atoms with E-state index in [-0.39, 0.29) is 12.2 Å². The quantitative estimate of drug-likeness (QED) is 0.419. The second-order valence-corrected chi connectivity index (χ2v) is 5.07. The third-order valence-electron chi connectivity index (χ3n) is 3.58. The highest BCUT2D eigenvalue weighted by Gasteiger charge is 2.13. The van der Waals surface area contributed by atoms with Crippen molar-refractivity contribution in [2.75, 3.05) is 6.61 Å². The summed E-state index contributed by atoms with van der Waals surface area (Å²) in [6.45, 7) is 1.94. The minimum Gasteiger partial charge on any atom is -0.462 e. The normalized spacial score (nSPS) is 11.2. The van der Waals surface area contributed by atoms with Crippen molar-refractivity contribution < 1.29 is 9.53 Å². The number of hydrogen-bond acceptors (Lipinski definition) is 4. The fraction of sp³-hybridized carbons (Fsp3) is 0.105. The summed E-state index contributed by atoms with van der Waals surface area (Å²) in [7, 11) is 0. The highest BCUT2D eigenvalue weighted by atomic mass is 16.5. The summed E-state index contributed by atoms with van der Waals surface area (Å²) in [4.78, 5) is 16.0. The van der Waals surface area contributed by atoms with Gasteiger partial charge in [-0.25, -0.2) is 4.79 Å². The molecule has 0 aliphatic rings. The number of fused-ring (bicyclic) bond motifs is 1. The first kappa shape index (κ1) is 15.5. The van der Waals surface area contributed by atoms with Gasteiger partial charge >= 0.3 is 5.97 Å². The van der Waals surface area contributed by atoms with Crippen molar-refractivity contribution in [3.63, 3.8) is 0 Å². The number of nitriles is 1. The Morgan fingerprint density at radius 1 is 1.33 bits per heavy atom. The van der Waals surface area contributed by atoms with Crippen molar-refractivity contribution in [3.8, 4) is 11.8 Å². The van der Waals surface area contributed by atoms with Crippen molar-refractivity contribution >= 4 is 22.9 Å². The molecule has 0 fully saturated rings. The van der Waals surface area contributed by atoms with E-state index in [4.69, 9.17) is 4.74 Å². The lowest BCUT2D eigenvalue weighted by molar-refractivity contribution is -0.137. The molecule has 0 saturated carbocycles. The van der Waals surface area contributed by atoms with Crippen LogP contribution in [0.5, 0.6) is 0 Å². The topological polar surface area (TPSA) is 67.9 Å². The molecular weight excluding hydrogens is 302 g/mol. The zero-order chi connectivity index (χ0) is 16.9. The van der Waals surface area contributed by atoms with Gasteiger partial charge in [0.2, 0.25) is 0 Å². The van der Waals surface area contributed by atoms with Crippen LogP contribution in [0.3, 0.4) is 0 Å². The summed E-state index contributed by atoms with van der Waals surface area (Å²) in [6.07, 6.45) is 6.92. The summed E-state index contributed by atoms with van der Waals surface area (Å²) >= 11 is 0. The van der Waals surface area contributed by atoms with E-state index < -0.39 is 5.97 Å². The lowest BCUT2D eigenvalue weighted by Gasteiger charge is -2.03. The van der Waals surface area contributed by atoms with E-state index in [2.05, 4.69) is 4.98 Å². The van der Waals surface area contributed by atoms with Crippen LogP contribution in [0.15, 0.2) is 60.6 Å². The molecule has 0 bridgehead atoms. The molecule has 2 aromatic heterocycles. The second kappa shape index (κ2) is 6.80. The van der Waals surface area contributed by atoms with Gasteiger partial charge in [0.15, 0.2) is 0 Å². The van der Waals surface area contributed by atoms with Gasteiger partial charge in [-0.1, -0.05) is 18.2 Å². The monoisotopic (exact) mass is 317 g/mol. The molecule has 3 aromatic rings. The van der Waals surface area contributed by atoms with E-state index in [1.807, 2.05) is 53.2 Å². The minimum atomic E-state index is -0.613. The number of pyridine rings is 1. The Morgan fingerprint density at radius 2 is 2.17 bits per heavy atom. The van der Waals surface area contributed by atoms with Gasteiger partial charge in [-0.2, -0.15) is 5.26 Å². The third kappa shape index (κ3) is 2.90. The van der Waals surface area contributed by atoms with Gasteiger partial charge in [-0.05, 0) is 31.2 Å². The number of hydrogen-bond donors (Lipinski definition) is 0. The van der Waals surface area contributed by atoms with Crippen molar-refractivity contribution in [3.05, 3.63) is 66.1 Å². The van der Waals surface area contributed by atoms with E-state index in [0.717, 1.165) is 22.2 Å². The number of benzene rings is 1. The maximum absolute atomic E-state index is 11.9. The van der Waals surface area contributed by atoms with Gasteiger partial charge in [-0.15, -0.1) is 0 Å². The Morgan fingerprint density at radius 3 is 2.88 bits per heavy atom. The van der Waals surface area contributed by atoms with Gasteiger partial charge in [0, 0.05) is 23.3 Å². The van der Waals surface area contributed by atoms with Gasteiger partial charge in [0.1, 0.15) is 11.6 Å². The largest absolute Gasteiger partial charge is 0.462 e. The van der Waals surface area contributed by atoms with Crippen LogP contribution >= 0.6 is 0 Å². The molecular formula is C19H15N3O2. The number of carbonyl (C=O) groups excluding carboxylic acids is 1. The van der Waals surface area contributed by atoms with Gasteiger partial charge < -0.3 is 9.30 Å². The number of nitrogens with zero attached hydrogens (tertiary/aromatic N) is 3. The summed E-state index contributed by atoms with van der Waals surface area (Å²) in [5.74, 6) is -0.613. The first-order valence-electron chi connectivity index (χ1n) is 7.54. The average Bonchev–Trinajstić information content (AvgIpc) is 2.99. The molecule has 0 amide bonds. The molecule has 3 rings (SSSR count). The molecule has 1 aromatic carbocycles. The smallest absolute Gasteiger partial charge is 0.348 e. The van der Waals surface area contributed by atoms with E-state index in [1.165, 1.54) is 0 Å². The van der Waals surface area contributed by atoms with Crippen LogP contribution in [0.25, 0.3) is 22.7 Å². The molecule has 2 heterocycles. The Bertz CT molecular complexity index is 950. The molecule has 118 valence electrons. The predicted molar refractivity (Wildman–Crippen MR) is 91.3 cm³/mol. The Kier molecular flexibility index (Phi) is 4.39. The summed E-state index contributed by atoms with van der Waals surface area (Å²) in [5, 5.41) is 10.2. The molecule has 0 N–H and O–H groups in total. The Labute approximate surface area is 139 Å². The third-order valence-corrected chi connectivity index (χ3v) is 3.58. The van der Waals surface area contributed by atoms with Crippen molar-refractivity contribution in [2.24, 2.45) is 0 Å². The fourth-order valence-electron chi connectivity index (χ4n) is 2.53. The highest BCUT2D eigenvalue weighted by molar-refractivity contribution is 6.01. The van der Waals surface area contributed by atoms with E-state index >= 15 is 0 Å². The Balaban J connectivity index is 2.16. The molecule has 24 heavy (non-hydrogen) atoms. The number of ether oxygens (including phenoxy) is 1. The van der Waals surface area contributed by atoms with Crippen molar-refractivity contribution in [2.45, 2.75) is 6.92 Å². The zero-order valence-corrected chi connectivity index (χ0v) is 13.1. The van der Waals surface area contributed by atoms with Crippen LogP contribution in [0, 0.1) is 11.3 Å². The molecule has 5 nitrogen and oxygen atoms in total. The molecule has 0 spiro atoms. The highest BCUT2D eigenvalue weighted by Crippen LogP contribution is 2.26. The first-order valence-corrected chi connectivity index (χ1v) is 7.54. The van der Waals surface area contributed by atoms with Crippen LogP contribution in [-0.4, -0.2) is 22.1 Å². The number of aromatic nitrogens is 2. The zero-order valence-electron chi connectivity index (χ0n) is 13.1. The van der Waals surface area contributed by atoms with Crippen LogP contribution in [0.4, 0.5) is 0 Å². The van der Waals surface area contributed by atoms with E-state index in [1.54, 1.807) is 25.4 Å². The Hall–Kier alpha value is -3.39. The predicted octanol–water partition coefficient (Wildman–Crippen LogP) is 3.50. The van der Waals surface area contributed by atoms with Crippen LogP contribution in [0.2, 0.25) is 0 Å². The molecule has 0 aliphatic carbocycles. The maximum atomic E-state index is 11.9. The number of rotatable bonds is 4. The second-order valence-electron chi connectivity index (χ2n) is 5.07. The average molecular weight is 317 g/mol. The summed E-state index contributed by atoms with van der Waals surface area (Å²) < 4.78 is 6.90.